The van der Waals surface area contributed by atoms with Gasteiger partial charge in [0.05, 0.1) is 13.1 Å². The standard InChI is InChI=1S/C24H27FN4O5S.C22H28N4O6S/c1-24(22(30)26-32,35(2,33)34)9-10-28-16-21-11-19(13-29(21)23(28)31)8-5-17-3-6-18(7-4-17)12-27-14-20(25)15-27;1-21(19(27)23-30,33(3,31)32)8-13-25-16-18-14-17(15-26(18)20(25)28)6-4-5-7-22(29)9-11-24(2)12-10-22/h3-4,6-7,11,13,20,32H,9-10,12,14-16H2,1-2H3,(H,26,30);14-15,29-30H,8-13,16H2,1-3H3,(H,23,27)/t24-;21-/m11/s1. The van der Waals surface area contributed by atoms with Crippen LogP contribution in [0.15, 0.2) is 48.8 Å². The van der Waals surface area contributed by atoms with E-state index in [-0.39, 0.29) is 51.1 Å². The smallest absolute Gasteiger partial charge is 0.328 e. The van der Waals surface area contributed by atoms with Gasteiger partial charge in [0.2, 0.25) is 0 Å². The molecule has 0 unspecified atom stereocenters. The molecule has 0 spiro atoms. The molecule has 5 N–H and O–H groups in total. The predicted octanol–water partition coefficient (Wildman–Crippen LogP) is 1.31. The molecule has 0 saturated carbocycles. The number of aliphatic hydroxyl groups is 1. The lowest BCUT2D eigenvalue weighted by atomic mass is 9.92. The van der Waals surface area contributed by atoms with Crippen LogP contribution in [0.1, 0.15) is 73.2 Å². The fraction of sp³-hybridized carbons (Fsp3) is 0.478. The minimum atomic E-state index is -3.84. The minimum Gasteiger partial charge on any atom is -0.377 e. The fourth-order valence-electron chi connectivity index (χ4n) is 7.90. The molecular formula is C46H55FN8O11S2. The molecule has 68 heavy (non-hydrogen) atoms. The number of carbonyl (C=O) groups is 4. The Morgan fingerprint density at radius 2 is 1.22 bits per heavy atom. The van der Waals surface area contributed by atoms with Crippen molar-refractivity contribution in [1.29, 1.82) is 0 Å². The zero-order valence-corrected chi connectivity index (χ0v) is 40.0. The molecule has 22 heteroatoms. The maximum absolute atomic E-state index is 12.9. The van der Waals surface area contributed by atoms with Gasteiger partial charge in [0.25, 0.3) is 11.8 Å². The first-order valence-corrected chi connectivity index (χ1v) is 25.4. The Morgan fingerprint density at radius 3 is 1.65 bits per heavy atom. The number of amides is 4. The van der Waals surface area contributed by atoms with Crippen molar-refractivity contribution >= 4 is 43.6 Å². The molecule has 1 aromatic carbocycles. The van der Waals surface area contributed by atoms with Crippen LogP contribution >= 0.6 is 0 Å². The van der Waals surface area contributed by atoms with Gasteiger partial charge in [-0.15, -0.1) is 0 Å². The van der Waals surface area contributed by atoms with E-state index >= 15 is 0 Å². The number of likely N-dealkylation sites (tertiary alicyclic amines) is 2. The van der Waals surface area contributed by atoms with Crippen LogP contribution in [0.4, 0.5) is 14.0 Å². The number of benzene rings is 1. The molecule has 0 bridgehead atoms. The molecule has 7 rings (SSSR count). The number of hydrogen-bond acceptors (Lipinski definition) is 13. The second-order valence-corrected chi connectivity index (χ2v) is 22.9. The number of hydrogen-bond donors (Lipinski definition) is 5. The topological polar surface area (TPSA) is 244 Å². The quantitative estimate of drug-likeness (QED) is 0.0979. The summed E-state index contributed by atoms with van der Waals surface area (Å²) in [5, 5.41) is 28.3. The van der Waals surface area contributed by atoms with Gasteiger partial charge in [-0.25, -0.2) is 41.8 Å². The van der Waals surface area contributed by atoms with Gasteiger partial charge in [0, 0.05) is 112 Å². The first-order chi connectivity index (χ1) is 31.9. The summed E-state index contributed by atoms with van der Waals surface area (Å²) in [6, 6.07) is 10.6. The third-order valence-corrected chi connectivity index (χ3v) is 17.0. The molecule has 0 aliphatic carbocycles. The highest BCUT2D eigenvalue weighted by atomic mass is 32.2. The van der Waals surface area contributed by atoms with E-state index in [4.69, 9.17) is 10.4 Å². The average Bonchev–Trinajstić information content (AvgIpc) is 4.03. The molecule has 2 saturated heterocycles. The largest absolute Gasteiger partial charge is 0.377 e. The summed E-state index contributed by atoms with van der Waals surface area (Å²) in [7, 11) is -5.69. The molecule has 3 aromatic rings. The molecule has 364 valence electrons. The number of fused-ring (bicyclic) bond motifs is 2. The van der Waals surface area contributed by atoms with Crippen molar-refractivity contribution in [3.8, 4) is 35.5 Å². The highest BCUT2D eigenvalue weighted by Crippen LogP contribution is 2.28. The van der Waals surface area contributed by atoms with E-state index in [1.165, 1.54) is 43.7 Å². The maximum Gasteiger partial charge on any atom is 0.328 e. The third kappa shape index (κ3) is 11.4. The molecule has 2 fully saturated rings. The van der Waals surface area contributed by atoms with Crippen LogP contribution in [0.25, 0.3) is 0 Å². The lowest BCUT2D eigenvalue weighted by molar-refractivity contribution is -0.132. The van der Waals surface area contributed by atoms with Crippen LogP contribution in [0.5, 0.6) is 0 Å². The summed E-state index contributed by atoms with van der Waals surface area (Å²) in [5.41, 5.74) is 6.37. The van der Waals surface area contributed by atoms with E-state index < -0.39 is 52.8 Å². The molecule has 19 nitrogen and oxygen atoms in total. The third-order valence-electron chi connectivity index (χ3n) is 13.0. The Bertz CT molecular complexity index is 2870. The summed E-state index contributed by atoms with van der Waals surface area (Å²) >= 11 is 0. The van der Waals surface area contributed by atoms with Gasteiger partial charge in [-0.1, -0.05) is 35.8 Å². The van der Waals surface area contributed by atoms with Crippen molar-refractivity contribution < 1.29 is 55.9 Å². The van der Waals surface area contributed by atoms with Crippen molar-refractivity contribution in [2.75, 3.05) is 58.8 Å². The first-order valence-electron chi connectivity index (χ1n) is 21.6. The Balaban J connectivity index is 0.000000224. The number of alkyl halides is 1. The first kappa shape index (κ1) is 51.4. The number of rotatable bonds is 12. The summed E-state index contributed by atoms with van der Waals surface area (Å²) in [5.74, 6) is 15.2. The van der Waals surface area contributed by atoms with Gasteiger partial charge in [0.15, 0.2) is 29.2 Å². The van der Waals surface area contributed by atoms with Gasteiger partial charge < -0.3 is 19.8 Å². The van der Waals surface area contributed by atoms with E-state index in [2.05, 4.69) is 40.4 Å². The van der Waals surface area contributed by atoms with Gasteiger partial charge in [0.1, 0.15) is 11.8 Å². The molecule has 2 aromatic heterocycles. The summed E-state index contributed by atoms with van der Waals surface area (Å²) < 4.78 is 60.5. The number of halogens is 1. The number of nitrogens with one attached hydrogen (secondary N) is 2. The second-order valence-electron chi connectivity index (χ2n) is 18.0. The lowest BCUT2D eigenvalue weighted by Crippen LogP contribution is -2.50. The highest BCUT2D eigenvalue weighted by Gasteiger charge is 2.46. The van der Waals surface area contributed by atoms with Crippen molar-refractivity contribution in [3.05, 3.63) is 82.4 Å². The molecule has 4 amide bonds. The highest BCUT2D eigenvalue weighted by molar-refractivity contribution is 7.93. The van der Waals surface area contributed by atoms with Crippen molar-refractivity contribution in [1.82, 2.24) is 39.7 Å². The van der Waals surface area contributed by atoms with Crippen molar-refractivity contribution in [3.63, 3.8) is 0 Å². The number of piperidine rings is 1. The molecular weight excluding hydrogens is 924 g/mol. The number of hydroxylamine groups is 2. The van der Waals surface area contributed by atoms with E-state index in [0.717, 1.165) is 36.7 Å². The summed E-state index contributed by atoms with van der Waals surface area (Å²) in [4.78, 5) is 56.5. The van der Waals surface area contributed by atoms with Crippen LogP contribution in [0, 0.1) is 35.5 Å². The maximum atomic E-state index is 12.9. The van der Waals surface area contributed by atoms with E-state index in [1.54, 1.807) is 24.5 Å². The van der Waals surface area contributed by atoms with Gasteiger partial charge in [-0.2, -0.15) is 0 Å². The molecule has 0 radical (unpaired) electrons. The Hall–Kier alpha value is -6.03. The Labute approximate surface area is 395 Å². The molecule has 6 heterocycles. The van der Waals surface area contributed by atoms with Crippen LogP contribution in [-0.4, -0.2) is 165 Å². The molecule has 4 aliphatic rings. The second kappa shape index (κ2) is 20.3. The van der Waals surface area contributed by atoms with Crippen LogP contribution in [0.3, 0.4) is 0 Å². The normalized spacial score (nSPS) is 18.7. The van der Waals surface area contributed by atoms with Crippen molar-refractivity contribution in [2.24, 2.45) is 0 Å². The number of nitrogens with zero attached hydrogens (tertiary/aromatic N) is 6. The SMILES string of the molecule is CN1CCC(O)(C#CC#Cc2cc3n(c2)C(=O)N(CC[C@](C)(C(=O)NO)S(C)(=O)=O)C3)CC1.C[C@@](CCN1Cc2cc(C#Cc3ccc(CN4CC(F)C4)cc3)cn2C1=O)(C(=O)NO)S(C)(=O)=O. The lowest BCUT2D eigenvalue weighted by Gasteiger charge is -2.34. The molecule has 2 atom stereocenters. The number of aromatic nitrogens is 2. The summed E-state index contributed by atoms with van der Waals surface area (Å²) in [6.07, 6.45) is 5.13. The average molecular weight is 979 g/mol. The predicted molar refractivity (Wildman–Crippen MR) is 246 cm³/mol. The zero-order valence-electron chi connectivity index (χ0n) is 38.4. The fourth-order valence-corrected chi connectivity index (χ4v) is 9.59. The van der Waals surface area contributed by atoms with E-state index in [0.29, 0.717) is 55.0 Å². The van der Waals surface area contributed by atoms with E-state index in [9.17, 15) is 45.5 Å². The minimum absolute atomic E-state index is 0.0117. The number of sulfone groups is 2. The van der Waals surface area contributed by atoms with Gasteiger partial charge in [-0.05, 0) is 75.4 Å². The summed E-state index contributed by atoms with van der Waals surface area (Å²) in [6.45, 7) is 6.18. The Morgan fingerprint density at radius 1 is 0.765 bits per heavy atom. The van der Waals surface area contributed by atoms with Crippen LogP contribution in [0.2, 0.25) is 0 Å². The van der Waals surface area contributed by atoms with Crippen LogP contribution < -0.4 is 11.0 Å². The monoisotopic (exact) mass is 978 g/mol. The van der Waals surface area contributed by atoms with E-state index in [1.807, 2.05) is 36.2 Å². The number of carbonyl (C=O) groups excluding carboxylic acids is 4. The van der Waals surface area contributed by atoms with Crippen LogP contribution in [-0.2, 0) is 48.9 Å². The van der Waals surface area contributed by atoms with Crippen molar-refractivity contribution in [2.45, 2.75) is 80.4 Å². The van der Waals surface area contributed by atoms with Gasteiger partial charge >= 0.3 is 12.1 Å². The Kier molecular flexibility index (Phi) is 15.3. The zero-order chi connectivity index (χ0) is 49.8. The molecule has 4 aliphatic heterocycles. The van der Waals surface area contributed by atoms with Gasteiger partial charge in [-0.3, -0.25) is 34.0 Å².